The van der Waals surface area contributed by atoms with Crippen LogP contribution in [0.4, 0.5) is 0 Å². The first-order chi connectivity index (χ1) is 4.27. The summed E-state index contributed by atoms with van der Waals surface area (Å²) in [6.45, 7) is 2.32. The molecule has 2 bridgehead atoms. The molecule has 0 aromatic rings. The lowest BCUT2D eigenvalue weighted by Gasteiger charge is -2.20. The Morgan fingerprint density at radius 2 is 1.89 bits per heavy atom. The van der Waals surface area contributed by atoms with Crippen molar-refractivity contribution in [2.24, 2.45) is 17.8 Å². The monoisotopic (exact) mass is 126 g/mol. The van der Waals surface area contributed by atoms with Crippen LogP contribution in [-0.2, 0) is 0 Å². The smallest absolute Gasteiger partial charge is 0.0571 e. The molecule has 0 amide bonds. The van der Waals surface area contributed by atoms with Gasteiger partial charge in [-0.25, -0.2) is 0 Å². The Morgan fingerprint density at radius 3 is 2.22 bits per heavy atom. The van der Waals surface area contributed by atoms with Crippen LogP contribution < -0.4 is 0 Å². The molecule has 1 heteroatoms. The molecule has 1 N–H and O–H groups in total. The zero-order valence-electron chi connectivity index (χ0n) is 5.88. The van der Waals surface area contributed by atoms with Crippen LogP contribution in [0.2, 0.25) is 0 Å². The predicted octanol–water partition coefficient (Wildman–Crippen LogP) is 1.41. The maximum absolute atomic E-state index is 9.34. The Bertz CT molecular complexity index is 104. The first-order valence-electron chi connectivity index (χ1n) is 3.95. The van der Waals surface area contributed by atoms with E-state index in [2.05, 4.69) is 6.92 Å². The molecule has 2 fully saturated rings. The van der Waals surface area contributed by atoms with E-state index in [1.165, 1.54) is 12.8 Å². The zero-order chi connectivity index (χ0) is 6.43. The van der Waals surface area contributed by atoms with Gasteiger partial charge in [-0.15, -0.1) is 0 Å². The van der Waals surface area contributed by atoms with Crippen LogP contribution in [0.15, 0.2) is 0 Å². The van der Waals surface area contributed by atoms with E-state index < -0.39 is 0 Å². The first kappa shape index (κ1) is 5.72. The van der Waals surface area contributed by atoms with Gasteiger partial charge in [0.2, 0.25) is 0 Å². The molecular formula is C8H14O. The van der Waals surface area contributed by atoms with Gasteiger partial charge in [0.1, 0.15) is 0 Å². The molecule has 2 rings (SSSR count). The molecule has 9 heavy (non-hydrogen) atoms. The highest BCUT2D eigenvalue weighted by atomic mass is 16.3. The molecule has 2 saturated carbocycles. The molecule has 52 valence electrons. The van der Waals surface area contributed by atoms with Crippen LogP contribution in [0.25, 0.3) is 0 Å². The van der Waals surface area contributed by atoms with Crippen molar-refractivity contribution in [2.75, 3.05) is 0 Å². The zero-order valence-corrected chi connectivity index (χ0v) is 5.88. The molecule has 4 atom stereocenters. The summed E-state index contributed by atoms with van der Waals surface area (Å²) in [6.07, 6.45) is 3.74. The van der Waals surface area contributed by atoms with Crippen molar-refractivity contribution in [1.82, 2.24) is 0 Å². The molecule has 0 spiro atoms. The highest BCUT2D eigenvalue weighted by Gasteiger charge is 2.42. The fourth-order valence-corrected chi connectivity index (χ4v) is 2.53. The third-order valence-corrected chi connectivity index (χ3v) is 3.17. The number of aliphatic hydroxyl groups is 1. The van der Waals surface area contributed by atoms with Crippen molar-refractivity contribution in [3.63, 3.8) is 0 Å². The summed E-state index contributed by atoms with van der Waals surface area (Å²) in [5.74, 6) is 2.44. The maximum Gasteiger partial charge on any atom is 0.0571 e. The van der Waals surface area contributed by atoms with E-state index in [-0.39, 0.29) is 6.10 Å². The third kappa shape index (κ3) is 0.710. The second-order valence-electron chi connectivity index (χ2n) is 3.77. The highest BCUT2D eigenvalue weighted by molar-refractivity contribution is 4.93. The van der Waals surface area contributed by atoms with Crippen LogP contribution in [0.3, 0.4) is 0 Å². The summed E-state index contributed by atoms with van der Waals surface area (Å²) in [5, 5.41) is 9.34. The Kier molecular flexibility index (Phi) is 1.10. The summed E-state index contributed by atoms with van der Waals surface area (Å²) < 4.78 is 0. The summed E-state index contributed by atoms with van der Waals surface area (Å²) >= 11 is 0. The lowest BCUT2D eigenvalue weighted by Crippen LogP contribution is -2.19. The van der Waals surface area contributed by atoms with Crippen molar-refractivity contribution in [3.8, 4) is 0 Å². The fraction of sp³-hybridized carbons (Fsp3) is 1.00. The van der Waals surface area contributed by atoms with Crippen LogP contribution in [0, 0.1) is 17.8 Å². The summed E-state index contributed by atoms with van der Waals surface area (Å²) in [7, 11) is 0. The number of fused-ring (bicyclic) bond motifs is 2. The van der Waals surface area contributed by atoms with Crippen LogP contribution in [0.5, 0.6) is 0 Å². The second-order valence-corrected chi connectivity index (χ2v) is 3.77. The molecule has 0 unspecified atom stereocenters. The third-order valence-electron chi connectivity index (χ3n) is 3.17. The highest BCUT2D eigenvalue weighted by Crippen LogP contribution is 2.47. The Balaban J connectivity index is 2.10. The lowest BCUT2D eigenvalue weighted by molar-refractivity contribution is 0.0985. The molecule has 0 radical (unpaired) electrons. The van der Waals surface area contributed by atoms with Gasteiger partial charge in [0.05, 0.1) is 6.10 Å². The summed E-state index contributed by atoms with van der Waals surface area (Å²) in [4.78, 5) is 0. The van der Waals surface area contributed by atoms with Crippen molar-refractivity contribution in [1.29, 1.82) is 0 Å². The second kappa shape index (κ2) is 1.72. The molecule has 1 nitrogen and oxygen atoms in total. The van der Waals surface area contributed by atoms with Crippen LogP contribution >= 0.6 is 0 Å². The van der Waals surface area contributed by atoms with E-state index in [4.69, 9.17) is 0 Å². The minimum Gasteiger partial charge on any atom is -0.393 e. The molecule has 0 saturated heterocycles. The number of hydrogen-bond acceptors (Lipinski definition) is 1. The minimum absolute atomic E-state index is 0.0613. The predicted molar refractivity (Wildman–Crippen MR) is 36.0 cm³/mol. The van der Waals surface area contributed by atoms with Gasteiger partial charge in [-0.05, 0) is 37.0 Å². The SMILES string of the molecule is C[C@@H]1C[C@@H]2C[C@H]1C[C@@H]2O. The van der Waals surface area contributed by atoms with Gasteiger partial charge >= 0.3 is 0 Å². The van der Waals surface area contributed by atoms with Gasteiger partial charge in [-0.3, -0.25) is 0 Å². The average molecular weight is 126 g/mol. The van der Waals surface area contributed by atoms with E-state index in [9.17, 15) is 5.11 Å². The minimum atomic E-state index is 0.0613. The van der Waals surface area contributed by atoms with E-state index in [0.29, 0.717) is 5.92 Å². The quantitative estimate of drug-likeness (QED) is 0.520. The van der Waals surface area contributed by atoms with E-state index in [1.807, 2.05) is 0 Å². The van der Waals surface area contributed by atoms with Gasteiger partial charge in [0.15, 0.2) is 0 Å². The van der Waals surface area contributed by atoms with Gasteiger partial charge < -0.3 is 5.11 Å². The normalized spacial score (nSPS) is 56.7. The van der Waals surface area contributed by atoms with Crippen LogP contribution in [-0.4, -0.2) is 11.2 Å². The van der Waals surface area contributed by atoms with Crippen molar-refractivity contribution >= 4 is 0 Å². The van der Waals surface area contributed by atoms with Gasteiger partial charge in [0.25, 0.3) is 0 Å². The lowest BCUT2D eigenvalue weighted by atomic mass is 9.89. The molecule has 0 aromatic heterocycles. The van der Waals surface area contributed by atoms with Gasteiger partial charge in [-0.2, -0.15) is 0 Å². The molecule has 0 aliphatic heterocycles. The van der Waals surface area contributed by atoms with E-state index >= 15 is 0 Å². The van der Waals surface area contributed by atoms with Crippen molar-refractivity contribution < 1.29 is 5.11 Å². The number of rotatable bonds is 0. The van der Waals surface area contributed by atoms with E-state index in [0.717, 1.165) is 18.3 Å². The Morgan fingerprint density at radius 1 is 1.11 bits per heavy atom. The summed E-state index contributed by atoms with van der Waals surface area (Å²) in [6, 6.07) is 0. The van der Waals surface area contributed by atoms with Crippen molar-refractivity contribution in [2.45, 2.75) is 32.3 Å². The summed E-state index contributed by atoms with van der Waals surface area (Å²) in [5.41, 5.74) is 0. The van der Waals surface area contributed by atoms with Gasteiger partial charge in [0, 0.05) is 0 Å². The van der Waals surface area contributed by atoms with Crippen molar-refractivity contribution in [3.05, 3.63) is 0 Å². The molecular weight excluding hydrogens is 112 g/mol. The Labute approximate surface area is 56.1 Å². The fourth-order valence-electron chi connectivity index (χ4n) is 2.53. The molecule has 2 aliphatic carbocycles. The molecule has 0 heterocycles. The largest absolute Gasteiger partial charge is 0.393 e. The van der Waals surface area contributed by atoms with Crippen LogP contribution in [0.1, 0.15) is 26.2 Å². The topological polar surface area (TPSA) is 20.2 Å². The number of aliphatic hydroxyl groups excluding tert-OH is 1. The molecule has 2 aliphatic rings. The van der Waals surface area contributed by atoms with Gasteiger partial charge in [-0.1, -0.05) is 6.92 Å². The number of hydrogen-bond donors (Lipinski definition) is 1. The molecule has 0 aromatic carbocycles. The Hall–Kier alpha value is -0.0400. The standard InChI is InChI=1S/C8H14O/c1-5-2-7-3-6(5)4-8(7)9/h5-9H,2-4H2,1H3/t5-,6+,7-,8+/m1/s1. The van der Waals surface area contributed by atoms with E-state index in [1.54, 1.807) is 0 Å². The maximum atomic E-state index is 9.34. The first-order valence-corrected chi connectivity index (χ1v) is 3.95. The average Bonchev–Trinajstić information content (AvgIpc) is 2.24.